The smallest absolute Gasteiger partial charge is 0.405 e. The summed E-state index contributed by atoms with van der Waals surface area (Å²) in [6.07, 6.45) is 1.24. The fraction of sp³-hybridized carbons (Fsp3) is 0.133. The summed E-state index contributed by atoms with van der Waals surface area (Å²) in [5.74, 6) is -1.11. The molecule has 8 heteroatoms. The van der Waals surface area contributed by atoms with E-state index in [-0.39, 0.29) is 5.69 Å². The highest BCUT2D eigenvalue weighted by Crippen LogP contribution is 2.25. The molecule has 2 amide bonds. The molecule has 0 saturated heterocycles. The number of rotatable bonds is 4. The van der Waals surface area contributed by atoms with Gasteiger partial charge in [0.2, 0.25) is 0 Å². The normalized spacial score (nSPS) is 11.6. The van der Waals surface area contributed by atoms with E-state index in [1.54, 1.807) is 19.1 Å². The number of amides is 2. The molecular formula is C15H13BrFN3O3. The Balaban J connectivity index is 2.18. The van der Waals surface area contributed by atoms with Crippen molar-refractivity contribution in [3.63, 3.8) is 0 Å². The second kappa shape index (κ2) is 7.19. The quantitative estimate of drug-likeness (QED) is 0.754. The first-order valence-electron chi connectivity index (χ1n) is 6.58. The van der Waals surface area contributed by atoms with Crippen LogP contribution >= 0.6 is 15.9 Å². The van der Waals surface area contributed by atoms with Gasteiger partial charge in [0.15, 0.2) is 5.82 Å². The second-order valence-electron chi connectivity index (χ2n) is 4.72. The lowest BCUT2D eigenvalue weighted by atomic mass is 10.1. The number of anilines is 1. The molecule has 0 aliphatic heterocycles. The minimum absolute atomic E-state index is 0.0334. The van der Waals surface area contributed by atoms with Crippen LogP contribution in [0.1, 0.15) is 28.9 Å². The van der Waals surface area contributed by atoms with E-state index in [1.807, 2.05) is 0 Å². The van der Waals surface area contributed by atoms with Crippen molar-refractivity contribution in [2.75, 3.05) is 5.32 Å². The average Bonchev–Trinajstić information content (AvgIpc) is 2.48. The second-order valence-corrected chi connectivity index (χ2v) is 5.57. The van der Waals surface area contributed by atoms with Gasteiger partial charge in [-0.2, -0.15) is 0 Å². The number of pyridine rings is 1. The van der Waals surface area contributed by atoms with E-state index in [9.17, 15) is 14.0 Å². The molecule has 6 nitrogen and oxygen atoms in total. The third-order valence-electron chi connectivity index (χ3n) is 3.09. The van der Waals surface area contributed by atoms with Crippen molar-refractivity contribution >= 4 is 33.6 Å². The van der Waals surface area contributed by atoms with Crippen molar-refractivity contribution in [1.29, 1.82) is 0 Å². The first-order chi connectivity index (χ1) is 10.9. The minimum atomic E-state index is -1.14. The molecule has 0 aliphatic carbocycles. The molecule has 0 spiro atoms. The number of halogens is 2. The minimum Gasteiger partial charge on any atom is -0.465 e. The van der Waals surface area contributed by atoms with Crippen molar-refractivity contribution in [3.8, 4) is 0 Å². The third-order valence-corrected chi connectivity index (χ3v) is 3.78. The van der Waals surface area contributed by atoms with E-state index in [4.69, 9.17) is 5.11 Å². The molecule has 1 heterocycles. The number of carbonyl (C=O) groups is 2. The van der Waals surface area contributed by atoms with Crippen LogP contribution in [0.2, 0.25) is 0 Å². The molecule has 0 bridgehead atoms. The van der Waals surface area contributed by atoms with E-state index in [1.165, 1.54) is 18.3 Å². The van der Waals surface area contributed by atoms with Crippen molar-refractivity contribution in [2.45, 2.75) is 13.0 Å². The van der Waals surface area contributed by atoms with Gasteiger partial charge in [-0.25, -0.2) is 9.18 Å². The molecule has 120 valence electrons. The van der Waals surface area contributed by atoms with Crippen LogP contribution in [0, 0.1) is 5.82 Å². The van der Waals surface area contributed by atoms with Gasteiger partial charge in [-0.05, 0) is 30.7 Å². The largest absolute Gasteiger partial charge is 0.465 e. The Labute approximate surface area is 139 Å². The molecule has 0 radical (unpaired) electrons. The Kier molecular flexibility index (Phi) is 5.28. The number of carbonyl (C=O) groups excluding carboxylic acids is 1. The van der Waals surface area contributed by atoms with Gasteiger partial charge in [0.25, 0.3) is 5.91 Å². The summed E-state index contributed by atoms with van der Waals surface area (Å²) in [6.45, 7) is 1.68. The van der Waals surface area contributed by atoms with Gasteiger partial charge in [-0.3, -0.25) is 9.78 Å². The van der Waals surface area contributed by atoms with Gasteiger partial charge in [-0.15, -0.1) is 0 Å². The summed E-state index contributed by atoms with van der Waals surface area (Å²) >= 11 is 3.31. The maximum absolute atomic E-state index is 13.5. The summed E-state index contributed by atoms with van der Waals surface area (Å²) in [4.78, 5) is 26.4. The van der Waals surface area contributed by atoms with Crippen molar-refractivity contribution < 1.29 is 19.1 Å². The van der Waals surface area contributed by atoms with Gasteiger partial charge in [0, 0.05) is 16.2 Å². The summed E-state index contributed by atoms with van der Waals surface area (Å²) in [5.41, 5.74) is 1.02. The van der Waals surface area contributed by atoms with E-state index >= 15 is 0 Å². The third kappa shape index (κ3) is 4.26. The lowest BCUT2D eigenvalue weighted by Crippen LogP contribution is -2.24. The van der Waals surface area contributed by atoms with Crippen molar-refractivity contribution in [2.24, 2.45) is 0 Å². The van der Waals surface area contributed by atoms with Crippen molar-refractivity contribution in [3.05, 3.63) is 58.1 Å². The molecule has 1 atom stereocenters. The Hall–Kier alpha value is -2.48. The topological polar surface area (TPSA) is 91.3 Å². The number of carboxylic acid groups (broad SMARTS) is 1. The highest BCUT2D eigenvalue weighted by Gasteiger charge is 2.15. The van der Waals surface area contributed by atoms with E-state index in [0.29, 0.717) is 15.6 Å². The van der Waals surface area contributed by atoms with Crippen LogP contribution in [0.3, 0.4) is 0 Å². The number of benzene rings is 1. The molecule has 1 aromatic heterocycles. The first-order valence-corrected chi connectivity index (χ1v) is 7.37. The van der Waals surface area contributed by atoms with Gasteiger partial charge >= 0.3 is 6.09 Å². The predicted octanol–water partition coefficient (Wildman–Crippen LogP) is 3.56. The highest BCUT2D eigenvalue weighted by molar-refractivity contribution is 9.10. The van der Waals surface area contributed by atoms with E-state index in [2.05, 4.69) is 31.5 Å². The van der Waals surface area contributed by atoms with E-state index < -0.39 is 23.9 Å². The first kappa shape index (κ1) is 16.9. The maximum atomic E-state index is 13.5. The Morgan fingerprint density at radius 3 is 2.70 bits per heavy atom. The molecule has 0 fully saturated rings. The van der Waals surface area contributed by atoms with Crippen LogP contribution in [0.15, 0.2) is 41.1 Å². The zero-order valence-electron chi connectivity index (χ0n) is 12.0. The fourth-order valence-electron chi connectivity index (χ4n) is 1.95. The molecule has 23 heavy (non-hydrogen) atoms. The average molecular weight is 382 g/mol. The number of hydrogen-bond acceptors (Lipinski definition) is 3. The van der Waals surface area contributed by atoms with Crippen LogP contribution in [-0.4, -0.2) is 22.1 Å². The maximum Gasteiger partial charge on any atom is 0.405 e. The van der Waals surface area contributed by atoms with Crippen LogP contribution in [0.4, 0.5) is 14.9 Å². The molecule has 1 unspecified atom stereocenters. The van der Waals surface area contributed by atoms with Gasteiger partial charge in [0.05, 0.1) is 17.9 Å². The lowest BCUT2D eigenvalue weighted by Gasteiger charge is -2.14. The number of nitrogens with zero attached hydrogens (tertiary/aromatic N) is 1. The van der Waals surface area contributed by atoms with Gasteiger partial charge in [-0.1, -0.05) is 22.0 Å². The fourth-order valence-corrected chi connectivity index (χ4v) is 2.68. The SMILES string of the molecule is CC(NC(=O)O)c1ccc(C(=O)Nc2ccncc2F)cc1Br. The Morgan fingerprint density at radius 2 is 2.09 bits per heavy atom. The Bertz CT molecular complexity index is 754. The summed E-state index contributed by atoms with van der Waals surface area (Å²) in [5, 5.41) is 13.5. The van der Waals surface area contributed by atoms with Gasteiger partial charge in [0.1, 0.15) is 0 Å². The monoisotopic (exact) mass is 381 g/mol. The molecule has 2 aromatic rings. The zero-order chi connectivity index (χ0) is 17.0. The van der Waals surface area contributed by atoms with E-state index in [0.717, 1.165) is 6.20 Å². The Morgan fingerprint density at radius 1 is 1.35 bits per heavy atom. The van der Waals surface area contributed by atoms with Crippen LogP contribution in [0.5, 0.6) is 0 Å². The number of nitrogens with one attached hydrogen (secondary N) is 2. The number of hydrogen-bond donors (Lipinski definition) is 3. The summed E-state index contributed by atoms with van der Waals surface area (Å²) in [6, 6.07) is 5.62. The highest BCUT2D eigenvalue weighted by atomic mass is 79.9. The zero-order valence-corrected chi connectivity index (χ0v) is 13.6. The molecule has 3 N–H and O–H groups in total. The summed E-state index contributed by atoms with van der Waals surface area (Å²) < 4.78 is 14.1. The van der Waals surface area contributed by atoms with Gasteiger partial charge < -0.3 is 15.7 Å². The van der Waals surface area contributed by atoms with Crippen LogP contribution < -0.4 is 10.6 Å². The van der Waals surface area contributed by atoms with Crippen LogP contribution in [-0.2, 0) is 0 Å². The van der Waals surface area contributed by atoms with Crippen LogP contribution in [0.25, 0.3) is 0 Å². The molecular weight excluding hydrogens is 369 g/mol. The summed E-state index contributed by atoms with van der Waals surface area (Å²) in [7, 11) is 0. The molecule has 0 aliphatic rings. The predicted molar refractivity (Wildman–Crippen MR) is 85.9 cm³/mol. The van der Waals surface area contributed by atoms with Crippen molar-refractivity contribution in [1.82, 2.24) is 10.3 Å². The molecule has 1 aromatic carbocycles. The number of aromatic nitrogens is 1. The molecule has 0 saturated carbocycles. The molecule has 2 rings (SSSR count). The standard InChI is InChI=1S/C15H13BrFN3O3/c1-8(19-15(22)23)10-3-2-9(6-11(10)16)14(21)20-13-4-5-18-7-12(13)17/h2-8,19H,1H3,(H,22,23)(H,18,20,21). The lowest BCUT2D eigenvalue weighted by molar-refractivity contribution is 0.102.